The van der Waals surface area contributed by atoms with Gasteiger partial charge < -0.3 is 35.8 Å². The average Bonchev–Trinajstić information content (AvgIpc) is 3.76. The van der Waals surface area contributed by atoms with Crippen molar-refractivity contribution in [3.8, 4) is 17.6 Å². The van der Waals surface area contributed by atoms with E-state index < -0.39 is 83.3 Å². The molecule has 0 radical (unpaired) electrons. The minimum absolute atomic E-state index is 0.0562. The fourth-order valence-corrected chi connectivity index (χ4v) is 10.4. The number of rotatable bonds is 8. The molecule has 7 atom stereocenters. The van der Waals surface area contributed by atoms with Crippen LogP contribution in [-0.2, 0) is 34.1 Å². The number of nitrogens with two attached hydrogens (primary N) is 1. The second-order valence-electron chi connectivity index (χ2n) is 17.5. The number of benzene rings is 4. The molecule has 15 heteroatoms. The summed E-state index contributed by atoms with van der Waals surface area (Å²) in [4.78, 5) is 92.3. The maximum absolute atomic E-state index is 16.5. The van der Waals surface area contributed by atoms with Gasteiger partial charge in [0.05, 0.1) is 37.3 Å². The summed E-state index contributed by atoms with van der Waals surface area (Å²) in [6.45, 7) is 4.12. The number of aromatic hydroxyl groups is 1. The van der Waals surface area contributed by atoms with Gasteiger partial charge in [0, 0.05) is 18.7 Å². The Hall–Kier alpha value is -7.18. The van der Waals surface area contributed by atoms with Gasteiger partial charge in [0.25, 0.3) is 0 Å². The lowest BCUT2D eigenvalue weighted by Crippen LogP contribution is -2.58. The van der Waals surface area contributed by atoms with Crippen LogP contribution in [0.2, 0.25) is 0 Å². The number of morpholine rings is 1. The molecule has 4 heterocycles. The molecule has 0 aliphatic carbocycles. The molecule has 66 heavy (non-hydrogen) atoms. The van der Waals surface area contributed by atoms with E-state index in [1.807, 2.05) is 65.6 Å². The molecular formula is C51H54N6O9. The number of carbonyl (C=O) groups excluding carboxylic acids is 6. The van der Waals surface area contributed by atoms with E-state index in [4.69, 9.17) is 15.2 Å². The van der Waals surface area contributed by atoms with E-state index in [0.717, 1.165) is 29.7 Å². The van der Waals surface area contributed by atoms with Crippen molar-refractivity contribution in [2.75, 3.05) is 31.6 Å². The van der Waals surface area contributed by atoms with E-state index in [9.17, 15) is 19.5 Å². The van der Waals surface area contributed by atoms with Gasteiger partial charge in [0.15, 0.2) is 0 Å². The van der Waals surface area contributed by atoms with Crippen molar-refractivity contribution in [1.29, 1.82) is 0 Å². The van der Waals surface area contributed by atoms with Crippen molar-refractivity contribution in [2.24, 2.45) is 17.6 Å². The van der Waals surface area contributed by atoms with Crippen LogP contribution < -0.4 is 21.3 Å². The molecule has 4 aromatic rings. The Kier molecular flexibility index (Phi) is 13.1. The molecule has 6 amide bonds. The third kappa shape index (κ3) is 8.21. The van der Waals surface area contributed by atoms with E-state index in [2.05, 4.69) is 22.5 Å². The summed E-state index contributed by atoms with van der Waals surface area (Å²) in [5, 5.41) is 15.9. The van der Waals surface area contributed by atoms with Gasteiger partial charge in [-0.1, -0.05) is 118 Å². The van der Waals surface area contributed by atoms with Gasteiger partial charge in [-0.05, 0) is 71.3 Å². The number of nitrogens with one attached hydrogen (secondary N) is 2. The molecule has 4 aromatic carbocycles. The molecule has 4 aliphatic rings. The number of likely N-dealkylation sites (tertiary alicyclic amines) is 1. The van der Waals surface area contributed by atoms with Crippen LogP contribution in [0.4, 0.5) is 15.3 Å². The van der Waals surface area contributed by atoms with Crippen molar-refractivity contribution in [3.05, 3.63) is 131 Å². The van der Waals surface area contributed by atoms with E-state index in [0.29, 0.717) is 42.6 Å². The summed E-state index contributed by atoms with van der Waals surface area (Å²) in [6, 6.07) is 23.7. The molecule has 0 bridgehead atoms. The van der Waals surface area contributed by atoms with Gasteiger partial charge in [-0.2, -0.15) is 0 Å². The topological polar surface area (TPSA) is 201 Å². The summed E-state index contributed by atoms with van der Waals surface area (Å²) < 4.78 is 11.6. The number of urea groups is 2. The quantitative estimate of drug-likeness (QED) is 0.124. The minimum Gasteiger partial charge on any atom is -0.508 e. The Bertz CT molecular complexity index is 2550. The number of phenols is 1. The van der Waals surface area contributed by atoms with Gasteiger partial charge in [-0.3, -0.25) is 19.3 Å². The Morgan fingerprint density at radius 3 is 2.11 bits per heavy atom. The van der Waals surface area contributed by atoms with E-state index >= 15 is 14.4 Å². The molecule has 3 saturated heterocycles. The van der Waals surface area contributed by atoms with Crippen LogP contribution >= 0.6 is 0 Å². The number of anilines is 1. The molecule has 0 aromatic heterocycles. The fraction of sp³-hybridized carbons (Fsp3) is 0.373. The van der Waals surface area contributed by atoms with E-state index in [1.54, 1.807) is 49.1 Å². The highest BCUT2D eigenvalue weighted by atomic mass is 16.6. The number of nitrogens with zero attached hydrogens (tertiary/aromatic N) is 3. The molecule has 1 spiro atoms. The SMILES string of the molecule is COC(=O)[C@@H](NC(=O)N1C(=O)[C@@]2(c3cc(C#CCNC(N)=O)ccc31)[C@H](c1ccc(O)cc1)N1[C@H](c3ccccc3)[C@H](c3ccccc3)OC(=O)[C@H]1[C@@H]2C(=O)N1CCCCCCC1)C(C)C. The molecule has 5 N–H and O–H groups in total. The molecule has 0 unspecified atom stereocenters. The Morgan fingerprint density at radius 1 is 0.848 bits per heavy atom. The average molecular weight is 895 g/mol. The predicted octanol–water partition coefficient (Wildman–Crippen LogP) is 5.78. The number of methoxy groups -OCH3 is 1. The van der Waals surface area contributed by atoms with Crippen molar-refractivity contribution in [1.82, 2.24) is 20.4 Å². The van der Waals surface area contributed by atoms with E-state index in [1.165, 1.54) is 19.2 Å². The summed E-state index contributed by atoms with van der Waals surface area (Å²) in [7, 11) is 1.21. The van der Waals surface area contributed by atoms with Crippen LogP contribution in [0, 0.1) is 23.7 Å². The molecule has 15 nitrogen and oxygen atoms in total. The highest BCUT2D eigenvalue weighted by Gasteiger charge is 2.76. The number of amides is 6. The van der Waals surface area contributed by atoms with Gasteiger partial charge in [-0.15, -0.1) is 0 Å². The Balaban J connectivity index is 1.45. The largest absolute Gasteiger partial charge is 0.508 e. The highest BCUT2D eigenvalue weighted by Crippen LogP contribution is 2.66. The lowest BCUT2D eigenvalue weighted by molar-refractivity contribution is -0.179. The van der Waals surface area contributed by atoms with Crippen LogP contribution in [0.5, 0.6) is 5.75 Å². The van der Waals surface area contributed by atoms with Crippen molar-refractivity contribution >= 4 is 41.5 Å². The zero-order chi connectivity index (χ0) is 46.7. The van der Waals surface area contributed by atoms with Crippen LogP contribution in [0.25, 0.3) is 0 Å². The van der Waals surface area contributed by atoms with Crippen molar-refractivity contribution in [3.63, 3.8) is 0 Å². The van der Waals surface area contributed by atoms with Gasteiger partial charge in [0.2, 0.25) is 11.8 Å². The normalized spacial score (nSPS) is 24.2. The van der Waals surface area contributed by atoms with Crippen molar-refractivity contribution in [2.45, 2.75) is 81.6 Å². The summed E-state index contributed by atoms with van der Waals surface area (Å²) >= 11 is 0. The monoisotopic (exact) mass is 894 g/mol. The first-order valence-electron chi connectivity index (χ1n) is 22.4. The summed E-state index contributed by atoms with van der Waals surface area (Å²) in [6.07, 6.45) is 3.27. The smallest absolute Gasteiger partial charge is 0.329 e. The number of primary amides is 1. The van der Waals surface area contributed by atoms with Crippen LogP contribution in [0.1, 0.15) is 92.0 Å². The standard InChI is InChI=1S/C51H54N6O9/c1-31(2)40(46(60)65-3)54-50(64)56-38-26-21-32(16-15-27-53-49(52)63)30-37(38)51(48(56)62)39(45(59)55-28-13-5-4-6-14-29-55)42-47(61)66-43(34-19-11-8-12-20-34)41(33-17-9-7-10-18-33)57(42)44(51)35-22-24-36(58)25-23-35/h7-12,17-26,30-31,39-44,58H,4-6,13-14,27-29H2,1-3H3,(H,54,64)(H3,52,53,63)/t39-,40+,41-,42-,43+,44+,51-/m1/s1. The molecule has 3 fully saturated rings. The van der Waals surface area contributed by atoms with Gasteiger partial charge in [0.1, 0.15) is 29.4 Å². The lowest BCUT2D eigenvalue weighted by atomic mass is 9.64. The van der Waals surface area contributed by atoms with Crippen LogP contribution in [-0.4, -0.2) is 89.5 Å². The minimum atomic E-state index is -2.06. The second kappa shape index (κ2) is 19.1. The number of esters is 2. The Morgan fingerprint density at radius 2 is 1.48 bits per heavy atom. The lowest BCUT2D eigenvalue weighted by Gasteiger charge is -2.46. The summed E-state index contributed by atoms with van der Waals surface area (Å²) in [5.74, 6) is 1.22. The number of ether oxygens (including phenoxy) is 2. The fourth-order valence-electron chi connectivity index (χ4n) is 10.4. The van der Waals surface area contributed by atoms with Gasteiger partial charge >= 0.3 is 24.0 Å². The first-order valence-corrected chi connectivity index (χ1v) is 22.4. The first-order chi connectivity index (χ1) is 31.9. The van der Waals surface area contributed by atoms with Crippen LogP contribution in [0.3, 0.4) is 0 Å². The maximum Gasteiger partial charge on any atom is 0.329 e. The number of phenolic OH excluding ortho intramolecular Hbond substituents is 1. The number of fused-ring (bicyclic) bond motifs is 3. The second-order valence-corrected chi connectivity index (χ2v) is 17.5. The maximum atomic E-state index is 16.5. The summed E-state index contributed by atoms with van der Waals surface area (Å²) in [5.41, 5.74) is 5.87. The molecule has 4 aliphatic heterocycles. The number of cyclic esters (lactones) is 1. The number of hydrogen-bond donors (Lipinski definition) is 4. The molecular weight excluding hydrogens is 841 g/mol. The van der Waals surface area contributed by atoms with Crippen LogP contribution in [0.15, 0.2) is 103 Å². The molecule has 0 saturated carbocycles. The predicted molar refractivity (Wildman–Crippen MR) is 243 cm³/mol. The van der Waals surface area contributed by atoms with Crippen molar-refractivity contribution < 1.29 is 43.3 Å². The highest BCUT2D eigenvalue weighted by molar-refractivity contribution is 6.25. The zero-order valence-corrected chi connectivity index (χ0v) is 37.1. The first kappa shape index (κ1) is 45.4. The third-order valence-electron chi connectivity index (χ3n) is 13.3. The number of carbonyl (C=O) groups is 6. The molecule has 8 rings (SSSR count). The third-order valence-corrected chi connectivity index (χ3v) is 13.3. The molecule has 342 valence electrons. The Labute approximate surface area is 383 Å². The van der Waals surface area contributed by atoms with Gasteiger partial charge in [-0.25, -0.2) is 19.3 Å². The number of imide groups is 1. The van der Waals surface area contributed by atoms with E-state index in [-0.39, 0.29) is 23.5 Å². The number of hydrogen-bond acceptors (Lipinski definition) is 10. The zero-order valence-electron chi connectivity index (χ0n) is 37.1.